The summed E-state index contributed by atoms with van der Waals surface area (Å²) in [5.74, 6) is -0.434. The summed E-state index contributed by atoms with van der Waals surface area (Å²) in [4.78, 5) is 0. The van der Waals surface area contributed by atoms with Crippen LogP contribution in [-0.2, 0) is 0 Å². The molecule has 0 aliphatic carbocycles. The fourth-order valence-corrected chi connectivity index (χ4v) is 1.49. The highest BCUT2D eigenvalue weighted by atomic mass is 79.9. The average molecular weight is 231 g/mol. The van der Waals surface area contributed by atoms with Gasteiger partial charge in [-0.05, 0) is 12.1 Å². The molecule has 0 amide bonds. The molecule has 0 heterocycles. The minimum atomic E-state index is -0.958. The van der Waals surface area contributed by atoms with Gasteiger partial charge in [-0.15, -0.1) is 6.58 Å². The number of aliphatic hydroxyl groups excluding tert-OH is 1. The fraction of sp³-hybridized carbons (Fsp3) is 0.111. The minimum absolute atomic E-state index is 0.229. The summed E-state index contributed by atoms with van der Waals surface area (Å²) in [6, 6.07) is 4.54. The first-order valence-electron chi connectivity index (χ1n) is 3.41. The second kappa shape index (κ2) is 3.83. The molecule has 1 N–H and O–H groups in total. The first-order valence-corrected chi connectivity index (χ1v) is 4.20. The van der Waals surface area contributed by atoms with Gasteiger partial charge in [0, 0.05) is 10.0 Å². The van der Waals surface area contributed by atoms with E-state index in [2.05, 4.69) is 22.5 Å². The molecule has 0 bridgehead atoms. The predicted molar refractivity (Wildman–Crippen MR) is 49.3 cm³/mol. The Balaban J connectivity index is 3.20. The molecule has 1 unspecified atom stereocenters. The zero-order chi connectivity index (χ0) is 9.14. The second-order valence-corrected chi connectivity index (χ2v) is 3.17. The largest absolute Gasteiger partial charge is 0.384 e. The van der Waals surface area contributed by atoms with Crippen LogP contribution in [0.15, 0.2) is 35.3 Å². The van der Waals surface area contributed by atoms with Gasteiger partial charge in [0.1, 0.15) is 11.9 Å². The van der Waals surface area contributed by atoms with Crippen molar-refractivity contribution in [3.8, 4) is 0 Å². The number of rotatable bonds is 2. The van der Waals surface area contributed by atoms with Crippen LogP contribution in [0.1, 0.15) is 11.7 Å². The average Bonchev–Trinajstić information content (AvgIpc) is 2.03. The summed E-state index contributed by atoms with van der Waals surface area (Å²) in [5.41, 5.74) is 0.229. The number of halogens is 2. The van der Waals surface area contributed by atoms with E-state index in [9.17, 15) is 9.50 Å². The Morgan fingerprint density at radius 3 is 2.75 bits per heavy atom. The van der Waals surface area contributed by atoms with Crippen LogP contribution in [0.2, 0.25) is 0 Å². The van der Waals surface area contributed by atoms with Crippen LogP contribution in [-0.4, -0.2) is 5.11 Å². The molecule has 1 nitrogen and oxygen atoms in total. The summed E-state index contributed by atoms with van der Waals surface area (Å²) in [6.45, 7) is 3.38. The molecule has 0 radical (unpaired) electrons. The highest BCUT2D eigenvalue weighted by Gasteiger charge is 2.12. The highest BCUT2D eigenvalue weighted by Crippen LogP contribution is 2.26. The number of aliphatic hydroxyl groups is 1. The van der Waals surface area contributed by atoms with E-state index in [1.807, 2.05) is 0 Å². The molecule has 0 fully saturated rings. The van der Waals surface area contributed by atoms with Crippen LogP contribution in [0.5, 0.6) is 0 Å². The van der Waals surface area contributed by atoms with Crippen LogP contribution in [0.3, 0.4) is 0 Å². The molecule has 1 aromatic rings. The van der Waals surface area contributed by atoms with Crippen LogP contribution < -0.4 is 0 Å². The number of benzene rings is 1. The normalized spacial score (nSPS) is 12.6. The summed E-state index contributed by atoms with van der Waals surface area (Å²) < 4.78 is 13.6. The van der Waals surface area contributed by atoms with Crippen molar-refractivity contribution >= 4 is 15.9 Å². The molecule has 0 spiro atoms. The monoisotopic (exact) mass is 230 g/mol. The predicted octanol–water partition coefficient (Wildman–Crippen LogP) is 2.81. The Kier molecular flexibility index (Phi) is 3.00. The first-order chi connectivity index (χ1) is 5.66. The van der Waals surface area contributed by atoms with Crippen molar-refractivity contribution < 1.29 is 9.50 Å². The van der Waals surface area contributed by atoms with Gasteiger partial charge < -0.3 is 5.11 Å². The van der Waals surface area contributed by atoms with Crippen LogP contribution >= 0.6 is 15.9 Å². The standard InChI is InChI=1S/C9H8BrFO/c1-2-8(12)9-6(10)4-3-5-7(9)11/h2-5,8,12H,1H2. The molecule has 3 heteroatoms. The van der Waals surface area contributed by atoms with E-state index in [4.69, 9.17) is 0 Å². The zero-order valence-corrected chi connectivity index (χ0v) is 7.88. The Morgan fingerprint density at radius 1 is 1.58 bits per heavy atom. The third kappa shape index (κ3) is 1.73. The van der Waals surface area contributed by atoms with Crippen LogP contribution in [0.4, 0.5) is 4.39 Å². The van der Waals surface area contributed by atoms with Crippen molar-refractivity contribution in [2.45, 2.75) is 6.10 Å². The van der Waals surface area contributed by atoms with Crippen molar-refractivity contribution in [3.63, 3.8) is 0 Å². The summed E-state index contributed by atoms with van der Waals surface area (Å²) in [6.07, 6.45) is 0.323. The summed E-state index contributed by atoms with van der Waals surface area (Å²) >= 11 is 3.14. The van der Waals surface area contributed by atoms with E-state index < -0.39 is 11.9 Å². The SMILES string of the molecule is C=CC(O)c1c(F)cccc1Br. The lowest BCUT2D eigenvalue weighted by atomic mass is 10.1. The quantitative estimate of drug-likeness (QED) is 0.776. The van der Waals surface area contributed by atoms with Gasteiger partial charge in [0.25, 0.3) is 0 Å². The molecular formula is C9H8BrFO. The van der Waals surface area contributed by atoms with E-state index in [1.54, 1.807) is 12.1 Å². The topological polar surface area (TPSA) is 20.2 Å². The van der Waals surface area contributed by atoms with Gasteiger partial charge in [-0.1, -0.05) is 28.1 Å². The summed E-state index contributed by atoms with van der Waals surface area (Å²) in [5, 5.41) is 9.30. The molecule has 0 aliphatic rings. The molecular weight excluding hydrogens is 223 g/mol. The van der Waals surface area contributed by atoms with Gasteiger partial charge >= 0.3 is 0 Å². The van der Waals surface area contributed by atoms with E-state index >= 15 is 0 Å². The molecule has 64 valence electrons. The Labute approximate surface area is 78.7 Å². The highest BCUT2D eigenvalue weighted by molar-refractivity contribution is 9.10. The van der Waals surface area contributed by atoms with Crippen molar-refractivity contribution in [1.29, 1.82) is 0 Å². The lowest BCUT2D eigenvalue weighted by Crippen LogP contribution is -1.97. The van der Waals surface area contributed by atoms with Gasteiger partial charge in [-0.2, -0.15) is 0 Å². The minimum Gasteiger partial charge on any atom is -0.384 e. The number of hydrogen-bond acceptors (Lipinski definition) is 1. The maximum Gasteiger partial charge on any atom is 0.130 e. The molecule has 0 saturated carbocycles. The lowest BCUT2D eigenvalue weighted by molar-refractivity contribution is 0.222. The molecule has 1 atom stereocenters. The fourth-order valence-electron chi connectivity index (χ4n) is 0.911. The van der Waals surface area contributed by atoms with E-state index in [0.717, 1.165) is 0 Å². The smallest absolute Gasteiger partial charge is 0.130 e. The summed E-state index contributed by atoms with van der Waals surface area (Å²) in [7, 11) is 0. The van der Waals surface area contributed by atoms with Gasteiger partial charge in [0.15, 0.2) is 0 Å². The third-order valence-corrected chi connectivity index (χ3v) is 2.21. The van der Waals surface area contributed by atoms with Gasteiger partial charge in [-0.3, -0.25) is 0 Å². The second-order valence-electron chi connectivity index (χ2n) is 2.32. The van der Waals surface area contributed by atoms with E-state index in [-0.39, 0.29) is 5.56 Å². The van der Waals surface area contributed by atoms with Crippen molar-refractivity contribution in [1.82, 2.24) is 0 Å². The lowest BCUT2D eigenvalue weighted by Gasteiger charge is -2.08. The Morgan fingerprint density at radius 2 is 2.25 bits per heavy atom. The Bertz CT molecular complexity index is 278. The van der Waals surface area contributed by atoms with Gasteiger partial charge in [0.05, 0.1) is 0 Å². The van der Waals surface area contributed by atoms with Crippen LogP contribution in [0.25, 0.3) is 0 Å². The maximum atomic E-state index is 13.1. The van der Waals surface area contributed by atoms with Crippen molar-refractivity contribution in [2.75, 3.05) is 0 Å². The molecule has 12 heavy (non-hydrogen) atoms. The van der Waals surface area contributed by atoms with E-state index in [0.29, 0.717) is 4.47 Å². The van der Waals surface area contributed by atoms with Crippen molar-refractivity contribution in [2.24, 2.45) is 0 Å². The zero-order valence-electron chi connectivity index (χ0n) is 6.30. The third-order valence-electron chi connectivity index (χ3n) is 1.52. The molecule has 0 aromatic heterocycles. The maximum absolute atomic E-state index is 13.1. The van der Waals surface area contributed by atoms with E-state index in [1.165, 1.54) is 12.1 Å². The van der Waals surface area contributed by atoms with Gasteiger partial charge in [-0.25, -0.2) is 4.39 Å². The van der Waals surface area contributed by atoms with Gasteiger partial charge in [0.2, 0.25) is 0 Å². The molecule has 0 saturated heterocycles. The Hall–Kier alpha value is -0.670. The first kappa shape index (κ1) is 9.42. The van der Waals surface area contributed by atoms with Crippen molar-refractivity contribution in [3.05, 3.63) is 46.7 Å². The van der Waals surface area contributed by atoms with Crippen LogP contribution in [0, 0.1) is 5.82 Å². The number of hydrogen-bond donors (Lipinski definition) is 1. The molecule has 1 rings (SSSR count). The molecule has 0 aliphatic heterocycles. The molecule has 1 aromatic carbocycles.